The van der Waals surface area contributed by atoms with Crippen LogP contribution in [-0.2, 0) is 4.79 Å². The third-order valence-electron chi connectivity index (χ3n) is 1.18. The maximum Gasteiger partial charge on any atom is 0.156 e. The lowest BCUT2D eigenvalue weighted by Gasteiger charge is -1.95. The van der Waals surface area contributed by atoms with E-state index >= 15 is 0 Å². The highest BCUT2D eigenvalue weighted by Gasteiger charge is 1.99. The van der Waals surface area contributed by atoms with Gasteiger partial charge in [0.1, 0.15) is 17.8 Å². The fraction of sp³-hybridized carbons (Fsp3) is 0.125. The van der Waals surface area contributed by atoms with Crippen molar-refractivity contribution in [1.82, 2.24) is 9.97 Å². The third-order valence-corrected chi connectivity index (χ3v) is 1.18. The maximum atomic E-state index is 10.5. The van der Waals surface area contributed by atoms with Crippen LogP contribution in [0.25, 0.3) is 5.76 Å². The van der Waals surface area contributed by atoms with E-state index in [9.17, 15) is 9.90 Å². The second kappa shape index (κ2) is 3.61. The molecular weight excluding hydrogens is 156 g/mol. The molecule has 0 amide bonds. The van der Waals surface area contributed by atoms with Crippen molar-refractivity contribution < 1.29 is 9.90 Å². The van der Waals surface area contributed by atoms with Gasteiger partial charge >= 0.3 is 0 Å². The molecule has 1 heterocycles. The number of aliphatic hydroxyl groups excluding tert-OH is 1. The summed E-state index contributed by atoms with van der Waals surface area (Å²) in [5.41, 5.74) is 0.347. The molecule has 0 saturated carbocycles. The van der Waals surface area contributed by atoms with Gasteiger partial charge in [-0.15, -0.1) is 0 Å². The second-order valence-corrected chi connectivity index (χ2v) is 2.23. The number of allylic oxidation sites excluding steroid dienone is 1. The molecular formula is C8H8N2O2. The molecule has 1 aromatic rings. The first-order valence-electron chi connectivity index (χ1n) is 3.38. The molecule has 4 heteroatoms. The van der Waals surface area contributed by atoms with Gasteiger partial charge in [0, 0.05) is 12.3 Å². The molecule has 1 N–H and O–H groups in total. The van der Waals surface area contributed by atoms with Crippen molar-refractivity contribution in [3.05, 3.63) is 30.4 Å². The number of hydrogen-bond acceptors (Lipinski definition) is 4. The summed E-state index contributed by atoms with van der Waals surface area (Å²) in [5.74, 6) is -0.351. The summed E-state index contributed by atoms with van der Waals surface area (Å²) in [4.78, 5) is 18.0. The largest absolute Gasteiger partial charge is 0.506 e. The zero-order valence-corrected chi connectivity index (χ0v) is 6.56. The lowest BCUT2D eigenvalue weighted by Crippen LogP contribution is -1.91. The van der Waals surface area contributed by atoms with Crippen LogP contribution in [0.15, 0.2) is 24.7 Å². The van der Waals surface area contributed by atoms with Crippen LogP contribution in [0.5, 0.6) is 0 Å². The average Bonchev–Trinajstić information content (AvgIpc) is 2.05. The standard InChI is InChI=1S/C8H8N2O2/c1-6(11)4-8(12)7-2-3-9-5-10-7/h2-5,12H,1H3. The molecule has 0 saturated heterocycles. The summed E-state index contributed by atoms with van der Waals surface area (Å²) in [6, 6.07) is 1.52. The molecule has 1 aromatic heterocycles. The molecule has 0 bridgehead atoms. The Morgan fingerprint density at radius 1 is 1.67 bits per heavy atom. The van der Waals surface area contributed by atoms with Gasteiger partial charge in [-0.25, -0.2) is 9.97 Å². The number of nitrogens with zero attached hydrogens (tertiary/aromatic N) is 2. The highest BCUT2D eigenvalue weighted by Crippen LogP contribution is 2.04. The van der Waals surface area contributed by atoms with Crippen LogP contribution in [0.4, 0.5) is 0 Å². The maximum absolute atomic E-state index is 10.5. The molecule has 0 spiro atoms. The van der Waals surface area contributed by atoms with E-state index < -0.39 is 0 Å². The minimum Gasteiger partial charge on any atom is -0.506 e. The first-order valence-corrected chi connectivity index (χ1v) is 3.38. The lowest BCUT2D eigenvalue weighted by molar-refractivity contribution is -0.112. The Bertz CT molecular complexity index is 306. The molecule has 0 radical (unpaired) electrons. The number of carbonyl (C=O) groups is 1. The second-order valence-electron chi connectivity index (χ2n) is 2.23. The summed E-state index contributed by atoms with van der Waals surface area (Å²) < 4.78 is 0. The van der Waals surface area contributed by atoms with E-state index in [0.717, 1.165) is 6.08 Å². The first kappa shape index (κ1) is 8.39. The number of aromatic nitrogens is 2. The van der Waals surface area contributed by atoms with Crippen LogP contribution in [0, 0.1) is 0 Å². The minimum absolute atomic E-state index is 0.134. The number of rotatable bonds is 2. The molecule has 0 aliphatic heterocycles. The fourth-order valence-electron chi connectivity index (χ4n) is 0.709. The first-order chi connectivity index (χ1) is 5.70. The number of hydrogen-bond donors (Lipinski definition) is 1. The number of carbonyl (C=O) groups excluding carboxylic acids is 1. The molecule has 12 heavy (non-hydrogen) atoms. The van der Waals surface area contributed by atoms with E-state index in [2.05, 4.69) is 9.97 Å². The van der Waals surface area contributed by atoms with E-state index in [1.165, 1.54) is 25.5 Å². The Labute approximate surface area is 69.6 Å². The van der Waals surface area contributed by atoms with Gasteiger partial charge in [0.2, 0.25) is 0 Å². The Morgan fingerprint density at radius 3 is 2.92 bits per heavy atom. The highest BCUT2D eigenvalue weighted by molar-refractivity contribution is 5.93. The topological polar surface area (TPSA) is 63.1 Å². The van der Waals surface area contributed by atoms with Crippen LogP contribution in [0.1, 0.15) is 12.6 Å². The zero-order valence-electron chi connectivity index (χ0n) is 6.56. The van der Waals surface area contributed by atoms with Crippen LogP contribution in [0.2, 0.25) is 0 Å². The molecule has 0 fully saturated rings. The van der Waals surface area contributed by atoms with Crippen LogP contribution < -0.4 is 0 Å². The van der Waals surface area contributed by atoms with E-state index in [-0.39, 0.29) is 11.5 Å². The normalized spacial score (nSPS) is 11.2. The van der Waals surface area contributed by atoms with Crippen molar-refractivity contribution >= 4 is 11.5 Å². The average molecular weight is 164 g/mol. The van der Waals surface area contributed by atoms with E-state index in [1.54, 1.807) is 0 Å². The number of aliphatic hydroxyl groups is 1. The lowest BCUT2D eigenvalue weighted by atomic mass is 10.3. The number of ketones is 1. The van der Waals surface area contributed by atoms with Gasteiger partial charge in [0.15, 0.2) is 5.78 Å². The van der Waals surface area contributed by atoms with Gasteiger partial charge in [0.05, 0.1) is 0 Å². The molecule has 0 aromatic carbocycles. The van der Waals surface area contributed by atoms with Gasteiger partial charge in [-0.2, -0.15) is 0 Å². The van der Waals surface area contributed by atoms with Crippen molar-refractivity contribution in [2.45, 2.75) is 6.92 Å². The molecule has 0 atom stereocenters. The highest BCUT2D eigenvalue weighted by atomic mass is 16.3. The van der Waals surface area contributed by atoms with Crippen molar-refractivity contribution in [2.24, 2.45) is 0 Å². The quantitative estimate of drug-likeness (QED) is 0.522. The van der Waals surface area contributed by atoms with Crippen LogP contribution in [0.3, 0.4) is 0 Å². The van der Waals surface area contributed by atoms with Gasteiger partial charge in [-0.05, 0) is 13.0 Å². The SMILES string of the molecule is CC(=O)C=C(O)c1ccncn1. The molecule has 1 rings (SSSR count). The zero-order chi connectivity index (χ0) is 8.97. The summed E-state index contributed by atoms with van der Waals surface area (Å²) >= 11 is 0. The van der Waals surface area contributed by atoms with E-state index in [1.807, 2.05) is 0 Å². The summed E-state index contributed by atoms with van der Waals surface area (Å²) in [6.45, 7) is 1.36. The van der Waals surface area contributed by atoms with Crippen LogP contribution in [-0.4, -0.2) is 20.9 Å². The molecule has 0 aliphatic rings. The Morgan fingerprint density at radius 2 is 2.42 bits per heavy atom. The van der Waals surface area contributed by atoms with Crippen molar-refractivity contribution in [3.8, 4) is 0 Å². The molecule has 0 aliphatic carbocycles. The van der Waals surface area contributed by atoms with Crippen molar-refractivity contribution in [1.29, 1.82) is 0 Å². The Hall–Kier alpha value is -1.71. The fourth-order valence-corrected chi connectivity index (χ4v) is 0.709. The van der Waals surface area contributed by atoms with Gasteiger partial charge in [0.25, 0.3) is 0 Å². The third kappa shape index (κ3) is 2.16. The summed E-state index contributed by atoms with van der Waals surface area (Å²) in [6.07, 6.45) is 3.91. The van der Waals surface area contributed by atoms with E-state index in [4.69, 9.17) is 0 Å². The van der Waals surface area contributed by atoms with Gasteiger partial charge < -0.3 is 5.11 Å². The van der Waals surface area contributed by atoms with Gasteiger partial charge in [-0.3, -0.25) is 4.79 Å². The Kier molecular flexibility index (Phi) is 2.53. The summed E-state index contributed by atoms with van der Waals surface area (Å²) in [7, 11) is 0. The monoisotopic (exact) mass is 164 g/mol. The van der Waals surface area contributed by atoms with E-state index in [0.29, 0.717) is 5.69 Å². The van der Waals surface area contributed by atoms with Crippen molar-refractivity contribution in [3.63, 3.8) is 0 Å². The minimum atomic E-state index is -0.217. The molecule has 4 nitrogen and oxygen atoms in total. The van der Waals surface area contributed by atoms with Crippen LogP contribution >= 0.6 is 0 Å². The smallest absolute Gasteiger partial charge is 0.156 e. The molecule has 0 unspecified atom stereocenters. The predicted molar refractivity (Wildman–Crippen MR) is 43.3 cm³/mol. The summed E-state index contributed by atoms with van der Waals surface area (Å²) in [5, 5.41) is 9.24. The van der Waals surface area contributed by atoms with Gasteiger partial charge in [-0.1, -0.05) is 0 Å². The Balaban J connectivity index is 2.93. The molecule has 62 valence electrons. The van der Waals surface area contributed by atoms with Crippen molar-refractivity contribution in [2.75, 3.05) is 0 Å². The predicted octanol–water partition coefficient (Wildman–Crippen LogP) is 0.964.